The quantitative estimate of drug-likeness (QED) is 0.637. The number of rotatable bonds is 0. The lowest BCUT2D eigenvalue weighted by Crippen LogP contribution is -1.97. The molecule has 0 heterocycles. The number of halogens is 2. The third-order valence-corrected chi connectivity index (χ3v) is 5.69. The molecule has 2 aromatic carbocycles. The van der Waals surface area contributed by atoms with Crippen molar-refractivity contribution in [3.05, 3.63) is 68.7 Å². The maximum atomic E-state index is 6.19. The van der Waals surface area contributed by atoms with Gasteiger partial charge in [-0.3, -0.25) is 0 Å². The fourth-order valence-electron chi connectivity index (χ4n) is 4.37. The zero-order valence-corrected chi connectivity index (χ0v) is 11.0. The lowest BCUT2D eigenvalue weighted by Gasteiger charge is -2.12. The maximum Gasteiger partial charge on any atom is 0.0595 e. The van der Waals surface area contributed by atoms with Gasteiger partial charge < -0.3 is 0 Å². The monoisotopic (exact) mass is 272 g/mol. The fourth-order valence-corrected chi connectivity index (χ4v) is 4.71. The molecule has 18 heavy (non-hydrogen) atoms. The molecule has 0 aromatic heterocycles. The Labute approximate surface area is 116 Å². The topological polar surface area (TPSA) is 0 Å². The summed E-state index contributed by atoms with van der Waals surface area (Å²) in [5.74, 6) is 2.80. The summed E-state index contributed by atoms with van der Waals surface area (Å²) in [6.45, 7) is 0. The summed E-state index contributed by atoms with van der Waals surface area (Å²) in [6.07, 6.45) is 0. The van der Waals surface area contributed by atoms with Gasteiger partial charge in [0, 0.05) is 5.92 Å². The van der Waals surface area contributed by atoms with Gasteiger partial charge in [-0.1, -0.05) is 47.5 Å². The highest BCUT2D eigenvalue weighted by Gasteiger charge is 2.66. The molecule has 1 saturated carbocycles. The average Bonchev–Trinajstić information content (AvgIpc) is 2.92. The number of hydrogen-bond acceptors (Lipinski definition) is 0. The summed E-state index contributed by atoms with van der Waals surface area (Å²) in [6, 6.07) is 13.1. The molecule has 4 atom stereocenters. The molecule has 3 aliphatic carbocycles. The van der Waals surface area contributed by atoms with Crippen molar-refractivity contribution >= 4 is 23.2 Å². The normalized spacial score (nSPS) is 33.0. The van der Waals surface area contributed by atoms with E-state index in [0.717, 1.165) is 11.8 Å². The first-order valence-corrected chi connectivity index (χ1v) is 7.10. The molecule has 5 rings (SSSR count). The Morgan fingerprint density at radius 2 is 1.33 bits per heavy atom. The van der Waals surface area contributed by atoms with Gasteiger partial charge >= 0.3 is 0 Å². The van der Waals surface area contributed by atoms with Gasteiger partial charge in [0.25, 0.3) is 0 Å². The second-order valence-electron chi connectivity index (χ2n) is 5.63. The molecule has 0 nitrogen and oxygen atoms in total. The van der Waals surface area contributed by atoms with Gasteiger partial charge in [0.15, 0.2) is 0 Å². The van der Waals surface area contributed by atoms with Crippen molar-refractivity contribution < 1.29 is 0 Å². The minimum absolute atomic E-state index is 0.570. The van der Waals surface area contributed by atoms with E-state index in [2.05, 4.69) is 36.4 Å². The molecule has 3 aliphatic rings. The molecule has 0 spiro atoms. The Bertz CT molecular complexity index is 704. The standard InChI is InChI=1S/C16H10Cl2/c17-11-5-9-10(6-12(11)18)15-14-8-4-2-1-3-7(8)13(9)16(14)15/h1-6,13-16H/t13-,14+,15-,16+/m0/s1. The molecule has 0 saturated heterocycles. The van der Waals surface area contributed by atoms with Gasteiger partial charge in [-0.2, -0.15) is 0 Å². The summed E-state index contributed by atoms with van der Waals surface area (Å²) in [7, 11) is 0. The minimum Gasteiger partial charge on any atom is -0.0827 e. The van der Waals surface area contributed by atoms with Gasteiger partial charge in [-0.15, -0.1) is 0 Å². The third-order valence-electron chi connectivity index (χ3n) is 4.97. The number of fused-ring (bicyclic) bond motifs is 7. The second-order valence-corrected chi connectivity index (χ2v) is 6.45. The summed E-state index contributed by atoms with van der Waals surface area (Å²) in [4.78, 5) is 0. The molecule has 1 fully saturated rings. The highest BCUT2D eigenvalue weighted by atomic mass is 35.5. The number of hydrogen-bond donors (Lipinski definition) is 0. The molecule has 0 bridgehead atoms. The van der Waals surface area contributed by atoms with E-state index in [1.54, 1.807) is 5.56 Å². The average molecular weight is 273 g/mol. The van der Waals surface area contributed by atoms with Crippen LogP contribution in [0.25, 0.3) is 0 Å². The first-order valence-electron chi connectivity index (χ1n) is 6.35. The van der Waals surface area contributed by atoms with Crippen LogP contribution in [0.3, 0.4) is 0 Å². The summed E-state index contributed by atoms with van der Waals surface area (Å²) < 4.78 is 0. The fraction of sp³-hybridized carbons (Fsp3) is 0.250. The number of benzene rings is 2. The van der Waals surface area contributed by atoms with E-state index < -0.39 is 0 Å². The Morgan fingerprint density at radius 3 is 2.11 bits per heavy atom. The van der Waals surface area contributed by atoms with E-state index in [9.17, 15) is 0 Å². The summed E-state index contributed by atoms with van der Waals surface area (Å²) in [5, 5.41) is 1.39. The van der Waals surface area contributed by atoms with Crippen LogP contribution in [0.1, 0.15) is 40.0 Å². The van der Waals surface area contributed by atoms with Crippen LogP contribution in [0, 0.1) is 5.92 Å². The van der Waals surface area contributed by atoms with Gasteiger partial charge in [0.1, 0.15) is 0 Å². The Morgan fingerprint density at radius 1 is 0.722 bits per heavy atom. The zero-order valence-electron chi connectivity index (χ0n) is 9.53. The van der Waals surface area contributed by atoms with E-state index in [-0.39, 0.29) is 0 Å². The molecular formula is C16H10Cl2. The second kappa shape index (κ2) is 2.95. The van der Waals surface area contributed by atoms with E-state index in [1.165, 1.54) is 16.7 Å². The minimum atomic E-state index is 0.570. The van der Waals surface area contributed by atoms with Crippen molar-refractivity contribution in [3.63, 3.8) is 0 Å². The molecule has 0 radical (unpaired) electrons. The van der Waals surface area contributed by atoms with E-state index >= 15 is 0 Å². The maximum absolute atomic E-state index is 6.19. The van der Waals surface area contributed by atoms with Crippen LogP contribution < -0.4 is 0 Å². The Kier molecular flexibility index (Phi) is 1.62. The van der Waals surface area contributed by atoms with Crippen molar-refractivity contribution in [2.24, 2.45) is 5.92 Å². The van der Waals surface area contributed by atoms with Crippen molar-refractivity contribution in [2.45, 2.75) is 17.8 Å². The van der Waals surface area contributed by atoms with Gasteiger partial charge in [0.05, 0.1) is 10.0 Å². The lowest BCUT2D eigenvalue weighted by atomic mass is 9.93. The van der Waals surface area contributed by atoms with Crippen LogP contribution in [0.5, 0.6) is 0 Å². The highest BCUT2D eigenvalue weighted by molar-refractivity contribution is 6.42. The molecule has 0 aliphatic heterocycles. The molecule has 2 heteroatoms. The largest absolute Gasteiger partial charge is 0.0827 e. The van der Waals surface area contributed by atoms with Crippen LogP contribution in [-0.2, 0) is 0 Å². The van der Waals surface area contributed by atoms with Crippen LogP contribution in [0.2, 0.25) is 10.0 Å². The first kappa shape index (κ1) is 9.89. The molecule has 0 amide bonds. The Hall–Kier alpha value is -0.980. The van der Waals surface area contributed by atoms with E-state index in [0.29, 0.717) is 21.9 Å². The predicted molar refractivity (Wildman–Crippen MR) is 73.7 cm³/mol. The van der Waals surface area contributed by atoms with Crippen molar-refractivity contribution in [3.8, 4) is 0 Å². The van der Waals surface area contributed by atoms with Crippen molar-refractivity contribution in [1.82, 2.24) is 0 Å². The predicted octanol–water partition coefficient (Wildman–Crippen LogP) is 4.95. The SMILES string of the molecule is Clc1cc2c(cc1Cl)[C@H]1[C@H]3c4ccccc4[C@@H]2[C@H]31. The summed E-state index contributed by atoms with van der Waals surface area (Å²) >= 11 is 12.4. The molecule has 0 unspecified atom stereocenters. The smallest absolute Gasteiger partial charge is 0.0595 e. The van der Waals surface area contributed by atoms with Crippen LogP contribution in [0.15, 0.2) is 36.4 Å². The van der Waals surface area contributed by atoms with Gasteiger partial charge in [-0.05, 0) is 52.1 Å². The van der Waals surface area contributed by atoms with Crippen LogP contribution in [0.4, 0.5) is 0 Å². The zero-order chi connectivity index (χ0) is 12.0. The van der Waals surface area contributed by atoms with Crippen LogP contribution in [-0.4, -0.2) is 0 Å². The molecule has 2 aromatic rings. The molecular weight excluding hydrogens is 263 g/mol. The molecule has 88 valence electrons. The van der Waals surface area contributed by atoms with Gasteiger partial charge in [0.2, 0.25) is 0 Å². The molecule has 0 N–H and O–H groups in total. The van der Waals surface area contributed by atoms with Crippen molar-refractivity contribution in [1.29, 1.82) is 0 Å². The van der Waals surface area contributed by atoms with E-state index in [4.69, 9.17) is 23.2 Å². The van der Waals surface area contributed by atoms with Crippen LogP contribution >= 0.6 is 23.2 Å². The third kappa shape index (κ3) is 0.941. The van der Waals surface area contributed by atoms with E-state index in [1.807, 2.05) is 0 Å². The van der Waals surface area contributed by atoms with Gasteiger partial charge in [-0.25, -0.2) is 0 Å². The Balaban J connectivity index is 1.81. The van der Waals surface area contributed by atoms with Crippen molar-refractivity contribution in [2.75, 3.05) is 0 Å². The highest BCUT2D eigenvalue weighted by Crippen LogP contribution is 2.78. The first-order chi connectivity index (χ1) is 8.77. The lowest BCUT2D eigenvalue weighted by molar-refractivity contribution is 0.750. The summed E-state index contributed by atoms with van der Waals surface area (Å²) in [5.41, 5.74) is 5.93.